The van der Waals surface area contributed by atoms with Crippen LogP contribution < -0.4 is 0 Å². The van der Waals surface area contributed by atoms with Crippen molar-refractivity contribution in [3.63, 3.8) is 0 Å². The van der Waals surface area contributed by atoms with Gasteiger partial charge in [-0.1, -0.05) is 28.9 Å². The molecular formula is C15H12BrFS2. The fourth-order valence-electron chi connectivity index (χ4n) is 2.01. The highest BCUT2D eigenvalue weighted by Gasteiger charge is 2.15. The molecule has 3 aromatic rings. The minimum absolute atomic E-state index is 0.170. The second-order valence-electron chi connectivity index (χ2n) is 4.35. The molecule has 0 aliphatic heterocycles. The number of rotatable bonds is 3. The fraction of sp³-hybridized carbons (Fsp3) is 0.200. The molecule has 0 bridgehead atoms. The Balaban J connectivity index is 1.98. The molecule has 4 heteroatoms. The molecule has 19 heavy (non-hydrogen) atoms. The van der Waals surface area contributed by atoms with Gasteiger partial charge < -0.3 is 0 Å². The maximum atomic E-state index is 13.2. The van der Waals surface area contributed by atoms with Crippen molar-refractivity contribution in [3.05, 3.63) is 56.8 Å². The molecule has 1 unspecified atom stereocenters. The lowest BCUT2D eigenvalue weighted by atomic mass is 10.2. The Morgan fingerprint density at radius 3 is 2.68 bits per heavy atom. The fourth-order valence-corrected chi connectivity index (χ4v) is 4.97. The lowest BCUT2D eigenvalue weighted by Crippen LogP contribution is -1.83. The Hall–Kier alpha value is -0.710. The van der Waals surface area contributed by atoms with Crippen molar-refractivity contribution in [2.75, 3.05) is 0 Å². The molecule has 0 radical (unpaired) electrons. The molecule has 1 aromatic carbocycles. The van der Waals surface area contributed by atoms with Crippen LogP contribution in [-0.4, -0.2) is 0 Å². The van der Waals surface area contributed by atoms with Crippen LogP contribution in [0.3, 0.4) is 0 Å². The summed E-state index contributed by atoms with van der Waals surface area (Å²) < 4.78 is 14.2. The minimum Gasteiger partial charge on any atom is -0.207 e. The molecule has 0 spiro atoms. The average molecular weight is 355 g/mol. The number of halogens is 2. The summed E-state index contributed by atoms with van der Waals surface area (Å²) in [5.74, 6) is -0.170. The average Bonchev–Trinajstić information content (AvgIpc) is 3.03. The van der Waals surface area contributed by atoms with Gasteiger partial charge in [-0.3, -0.25) is 0 Å². The van der Waals surface area contributed by atoms with Gasteiger partial charge in [0.15, 0.2) is 0 Å². The summed E-state index contributed by atoms with van der Waals surface area (Å²) in [4.78, 5) is 4.14. The van der Waals surface area contributed by atoms with Crippen LogP contribution in [0.1, 0.15) is 26.4 Å². The van der Waals surface area contributed by atoms with E-state index < -0.39 is 0 Å². The second-order valence-corrected chi connectivity index (χ2v) is 7.58. The first-order chi connectivity index (χ1) is 9.17. The standard InChI is InChI=1S/C15H12BrFS2/c1-2-11-5-6-12(18-11)15(16)14-7-9-3-4-10(17)8-13(9)19-14/h3-8,15H,2H2,1H3. The van der Waals surface area contributed by atoms with Gasteiger partial charge in [0.05, 0.1) is 4.83 Å². The van der Waals surface area contributed by atoms with Gasteiger partial charge in [-0.2, -0.15) is 0 Å². The number of hydrogen-bond acceptors (Lipinski definition) is 2. The van der Waals surface area contributed by atoms with Crippen LogP contribution in [0.25, 0.3) is 10.1 Å². The molecular weight excluding hydrogens is 343 g/mol. The van der Waals surface area contributed by atoms with Gasteiger partial charge in [0.25, 0.3) is 0 Å². The molecule has 98 valence electrons. The van der Waals surface area contributed by atoms with Crippen LogP contribution in [-0.2, 0) is 6.42 Å². The van der Waals surface area contributed by atoms with E-state index in [0.717, 1.165) is 16.5 Å². The van der Waals surface area contributed by atoms with Gasteiger partial charge in [-0.05, 0) is 42.1 Å². The summed E-state index contributed by atoms with van der Waals surface area (Å²) in [5, 5.41) is 1.11. The van der Waals surface area contributed by atoms with E-state index in [2.05, 4.69) is 41.1 Å². The number of hydrogen-bond donors (Lipinski definition) is 0. The van der Waals surface area contributed by atoms with Crippen LogP contribution in [0.4, 0.5) is 4.39 Å². The Kier molecular flexibility index (Phi) is 3.74. The summed E-state index contributed by atoms with van der Waals surface area (Å²) in [6.45, 7) is 2.17. The zero-order valence-corrected chi connectivity index (χ0v) is 13.5. The molecule has 3 rings (SSSR count). The van der Waals surface area contributed by atoms with Crippen LogP contribution in [0.15, 0.2) is 36.4 Å². The maximum Gasteiger partial charge on any atom is 0.124 e. The maximum absolute atomic E-state index is 13.2. The topological polar surface area (TPSA) is 0 Å². The molecule has 0 amide bonds. The predicted octanol–water partition coefficient (Wildman–Crippen LogP) is 6.15. The Labute approximate surface area is 128 Å². The predicted molar refractivity (Wildman–Crippen MR) is 86.3 cm³/mol. The summed E-state index contributed by atoms with van der Waals surface area (Å²) in [6, 6.07) is 11.5. The van der Waals surface area contributed by atoms with Crippen molar-refractivity contribution in [2.45, 2.75) is 18.2 Å². The molecule has 0 aliphatic carbocycles. The number of benzene rings is 1. The van der Waals surface area contributed by atoms with Crippen LogP contribution in [0.5, 0.6) is 0 Å². The van der Waals surface area contributed by atoms with Gasteiger partial charge in [-0.15, -0.1) is 22.7 Å². The van der Waals surface area contributed by atoms with E-state index in [-0.39, 0.29) is 10.6 Å². The first-order valence-electron chi connectivity index (χ1n) is 6.09. The third kappa shape index (κ3) is 2.62. The third-order valence-electron chi connectivity index (χ3n) is 3.03. The van der Waals surface area contributed by atoms with E-state index in [1.807, 2.05) is 17.4 Å². The van der Waals surface area contributed by atoms with E-state index in [1.165, 1.54) is 20.7 Å². The van der Waals surface area contributed by atoms with Crippen molar-refractivity contribution in [3.8, 4) is 0 Å². The zero-order chi connectivity index (χ0) is 13.4. The number of alkyl halides is 1. The summed E-state index contributed by atoms with van der Waals surface area (Å²) >= 11 is 7.25. The molecule has 0 fully saturated rings. The molecule has 2 heterocycles. The molecule has 0 nitrogen and oxygen atoms in total. The molecule has 0 saturated heterocycles. The van der Waals surface area contributed by atoms with E-state index in [0.29, 0.717) is 0 Å². The quantitative estimate of drug-likeness (QED) is 0.495. The molecule has 0 aliphatic rings. The molecule has 0 saturated carbocycles. The number of fused-ring (bicyclic) bond motifs is 1. The minimum atomic E-state index is -0.170. The van der Waals surface area contributed by atoms with Crippen LogP contribution in [0, 0.1) is 5.82 Å². The van der Waals surface area contributed by atoms with E-state index in [9.17, 15) is 4.39 Å². The third-order valence-corrected chi connectivity index (χ3v) is 7.08. The highest BCUT2D eigenvalue weighted by molar-refractivity contribution is 9.09. The van der Waals surface area contributed by atoms with Crippen LogP contribution >= 0.6 is 38.6 Å². The van der Waals surface area contributed by atoms with E-state index in [4.69, 9.17) is 0 Å². The largest absolute Gasteiger partial charge is 0.207 e. The van der Waals surface area contributed by atoms with Gasteiger partial charge in [-0.25, -0.2) is 4.39 Å². The SMILES string of the molecule is CCc1ccc(C(Br)c2cc3ccc(F)cc3s2)s1. The summed E-state index contributed by atoms with van der Waals surface area (Å²) in [5.41, 5.74) is 0. The first-order valence-corrected chi connectivity index (χ1v) is 8.64. The van der Waals surface area contributed by atoms with E-state index >= 15 is 0 Å². The van der Waals surface area contributed by atoms with Gasteiger partial charge in [0.2, 0.25) is 0 Å². The lowest BCUT2D eigenvalue weighted by molar-refractivity contribution is 0.630. The number of aryl methyl sites for hydroxylation is 1. The Morgan fingerprint density at radius 2 is 1.95 bits per heavy atom. The van der Waals surface area contributed by atoms with Crippen molar-refractivity contribution < 1.29 is 4.39 Å². The van der Waals surface area contributed by atoms with E-state index in [1.54, 1.807) is 17.4 Å². The monoisotopic (exact) mass is 354 g/mol. The second kappa shape index (κ2) is 5.35. The van der Waals surface area contributed by atoms with Gasteiger partial charge >= 0.3 is 0 Å². The molecule has 0 N–H and O–H groups in total. The molecule has 2 aromatic heterocycles. The normalized spacial score (nSPS) is 13.0. The van der Waals surface area contributed by atoms with Crippen molar-refractivity contribution >= 4 is 48.7 Å². The Morgan fingerprint density at radius 1 is 1.11 bits per heavy atom. The lowest BCUT2D eigenvalue weighted by Gasteiger charge is -2.03. The van der Waals surface area contributed by atoms with Crippen LogP contribution in [0.2, 0.25) is 0 Å². The van der Waals surface area contributed by atoms with Gasteiger partial charge in [0.1, 0.15) is 5.82 Å². The zero-order valence-electron chi connectivity index (χ0n) is 10.3. The van der Waals surface area contributed by atoms with Crippen molar-refractivity contribution in [2.24, 2.45) is 0 Å². The highest BCUT2D eigenvalue weighted by Crippen LogP contribution is 2.40. The van der Waals surface area contributed by atoms with Crippen molar-refractivity contribution in [1.82, 2.24) is 0 Å². The number of thiophene rings is 2. The first kappa shape index (κ1) is 13.3. The highest BCUT2D eigenvalue weighted by atomic mass is 79.9. The van der Waals surface area contributed by atoms with Crippen molar-refractivity contribution in [1.29, 1.82) is 0 Å². The Bertz CT molecular complexity index is 714. The van der Waals surface area contributed by atoms with Gasteiger partial charge in [0, 0.05) is 19.3 Å². The summed E-state index contributed by atoms with van der Waals surface area (Å²) in [6.07, 6.45) is 1.07. The summed E-state index contributed by atoms with van der Waals surface area (Å²) in [7, 11) is 0. The smallest absolute Gasteiger partial charge is 0.124 e. The molecule has 1 atom stereocenters.